The maximum atomic E-state index is 13.4. The number of carbonyl (C=O) groups is 2. The van der Waals surface area contributed by atoms with Crippen LogP contribution >= 0.6 is 0 Å². The van der Waals surface area contributed by atoms with Gasteiger partial charge in [-0.05, 0) is 54.0 Å². The molecular weight excluding hydrogens is 394 g/mol. The van der Waals surface area contributed by atoms with Gasteiger partial charge in [-0.25, -0.2) is 0 Å². The minimum Gasteiger partial charge on any atom is -0.317 e. The van der Waals surface area contributed by atoms with Crippen LogP contribution in [0.15, 0.2) is 84.6 Å². The van der Waals surface area contributed by atoms with Gasteiger partial charge in [0.15, 0.2) is 0 Å². The molecule has 0 fully saturated rings. The Labute approximate surface area is 178 Å². The highest BCUT2D eigenvalue weighted by atomic mass is 16.6. The summed E-state index contributed by atoms with van der Waals surface area (Å²) >= 11 is 0. The third-order valence-corrected chi connectivity index (χ3v) is 5.06. The minimum atomic E-state index is -0.488. The van der Waals surface area contributed by atoms with Crippen LogP contribution in [0.1, 0.15) is 21.5 Å². The average molecular weight is 413 g/mol. The van der Waals surface area contributed by atoms with Gasteiger partial charge in [0.1, 0.15) is 5.70 Å². The number of nitrogens with one attached hydrogen (secondary N) is 1. The molecule has 0 bridgehead atoms. The highest BCUT2D eigenvalue weighted by Crippen LogP contribution is 2.29. The number of hydrogen-bond donors (Lipinski definition) is 1. The molecule has 154 valence electrons. The van der Waals surface area contributed by atoms with Gasteiger partial charge in [0.25, 0.3) is 17.5 Å². The third kappa shape index (κ3) is 4.35. The summed E-state index contributed by atoms with van der Waals surface area (Å²) in [6.07, 6.45) is 2.27. The van der Waals surface area contributed by atoms with Crippen LogP contribution in [0.25, 0.3) is 6.08 Å². The lowest BCUT2D eigenvalue weighted by Gasteiger charge is -2.20. The number of nitro groups is 1. The van der Waals surface area contributed by atoms with Crippen LogP contribution in [0.4, 0.5) is 11.4 Å². The molecule has 3 aromatic rings. The van der Waals surface area contributed by atoms with E-state index >= 15 is 0 Å². The summed E-state index contributed by atoms with van der Waals surface area (Å²) < 4.78 is 0. The quantitative estimate of drug-likeness (QED) is 0.389. The molecule has 0 saturated carbocycles. The fourth-order valence-electron chi connectivity index (χ4n) is 3.49. The Morgan fingerprint density at radius 1 is 0.935 bits per heavy atom. The minimum absolute atomic E-state index is 0.0492. The van der Waals surface area contributed by atoms with E-state index in [1.807, 2.05) is 24.3 Å². The molecule has 7 nitrogen and oxygen atoms in total. The number of anilines is 1. The number of carbonyl (C=O) groups excluding carboxylic acids is 2. The first-order valence-electron chi connectivity index (χ1n) is 9.75. The van der Waals surface area contributed by atoms with Gasteiger partial charge in [0.05, 0.1) is 4.92 Å². The van der Waals surface area contributed by atoms with Crippen LogP contribution in [0.3, 0.4) is 0 Å². The third-order valence-electron chi connectivity index (χ3n) is 5.06. The Balaban J connectivity index is 1.67. The van der Waals surface area contributed by atoms with E-state index in [0.29, 0.717) is 17.7 Å². The molecule has 0 spiro atoms. The fourth-order valence-corrected chi connectivity index (χ4v) is 3.49. The summed E-state index contributed by atoms with van der Waals surface area (Å²) in [7, 11) is 0. The highest BCUT2D eigenvalue weighted by Gasteiger charge is 2.27. The molecule has 0 unspecified atom stereocenters. The van der Waals surface area contributed by atoms with Gasteiger partial charge in [0, 0.05) is 29.9 Å². The van der Waals surface area contributed by atoms with E-state index in [1.54, 1.807) is 35.2 Å². The van der Waals surface area contributed by atoms with Crippen LogP contribution in [0.2, 0.25) is 0 Å². The summed E-state index contributed by atoms with van der Waals surface area (Å²) in [5.41, 5.74) is 2.92. The number of rotatable bonds is 5. The number of nitrogens with zero attached hydrogens (tertiary/aromatic N) is 2. The normalized spacial score (nSPS) is 12.9. The molecule has 31 heavy (non-hydrogen) atoms. The molecular formula is C24H19N3O4. The number of benzene rings is 3. The van der Waals surface area contributed by atoms with E-state index in [2.05, 4.69) is 5.32 Å². The number of nitro benzene ring substituents is 1. The largest absolute Gasteiger partial charge is 0.317 e. The van der Waals surface area contributed by atoms with Gasteiger partial charge in [-0.3, -0.25) is 19.7 Å². The van der Waals surface area contributed by atoms with E-state index in [0.717, 1.165) is 17.7 Å². The van der Waals surface area contributed by atoms with Crippen molar-refractivity contribution < 1.29 is 14.5 Å². The van der Waals surface area contributed by atoms with Crippen LogP contribution in [-0.4, -0.2) is 23.3 Å². The van der Waals surface area contributed by atoms with Crippen molar-refractivity contribution in [1.29, 1.82) is 0 Å². The first-order valence-corrected chi connectivity index (χ1v) is 9.75. The summed E-state index contributed by atoms with van der Waals surface area (Å²) in [4.78, 5) is 38.2. The van der Waals surface area contributed by atoms with Gasteiger partial charge < -0.3 is 10.2 Å². The van der Waals surface area contributed by atoms with Crippen molar-refractivity contribution >= 4 is 29.3 Å². The van der Waals surface area contributed by atoms with Gasteiger partial charge in [-0.2, -0.15) is 0 Å². The molecule has 0 aromatic heterocycles. The van der Waals surface area contributed by atoms with Crippen molar-refractivity contribution in [2.45, 2.75) is 6.42 Å². The monoisotopic (exact) mass is 413 g/mol. The van der Waals surface area contributed by atoms with Crippen molar-refractivity contribution in [3.63, 3.8) is 0 Å². The van der Waals surface area contributed by atoms with Crippen LogP contribution in [-0.2, 0) is 11.2 Å². The van der Waals surface area contributed by atoms with Crippen molar-refractivity contribution in [2.75, 3.05) is 11.4 Å². The van der Waals surface area contributed by atoms with Gasteiger partial charge >= 0.3 is 0 Å². The molecule has 1 aliphatic heterocycles. The zero-order valence-corrected chi connectivity index (χ0v) is 16.5. The smallest absolute Gasteiger partial charge is 0.274 e. The Morgan fingerprint density at radius 3 is 2.32 bits per heavy atom. The molecule has 4 rings (SSSR count). The molecule has 0 atom stereocenters. The second-order valence-corrected chi connectivity index (χ2v) is 7.06. The Morgan fingerprint density at radius 2 is 1.61 bits per heavy atom. The summed E-state index contributed by atoms with van der Waals surface area (Å²) in [6.45, 7) is 0.511. The SMILES string of the molecule is O=C(N/C(=C/c1ccc([N+](=O)[O-])cc1)C(=O)N1CCc2ccccc21)c1ccccc1. The van der Waals surface area contributed by atoms with Crippen LogP contribution < -0.4 is 10.2 Å². The van der Waals surface area contributed by atoms with Gasteiger partial charge in [-0.1, -0.05) is 36.4 Å². The summed E-state index contributed by atoms with van der Waals surface area (Å²) in [5.74, 6) is -0.748. The number of non-ortho nitro benzene ring substituents is 1. The standard InChI is InChI=1S/C24H19N3O4/c28-23(19-7-2-1-3-8-19)25-21(16-17-10-12-20(13-11-17)27(30)31)24(29)26-15-14-18-6-4-5-9-22(18)26/h1-13,16H,14-15H2,(H,25,28)/b21-16+. The Bertz CT molecular complexity index is 1170. The number of hydrogen-bond acceptors (Lipinski definition) is 4. The zero-order chi connectivity index (χ0) is 21.8. The molecule has 2 amide bonds. The molecule has 0 aliphatic carbocycles. The molecule has 1 heterocycles. The lowest BCUT2D eigenvalue weighted by atomic mass is 10.1. The summed E-state index contributed by atoms with van der Waals surface area (Å²) in [6, 6.07) is 22.1. The lowest BCUT2D eigenvalue weighted by Crippen LogP contribution is -2.37. The fraction of sp³-hybridized carbons (Fsp3) is 0.0833. The first kappa shape index (κ1) is 20.0. The van der Waals surface area contributed by atoms with Crippen LogP contribution in [0, 0.1) is 10.1 Å². The summed E-state index contributed by atoms with van der Waals surface area (Å²) in [5, 5.41) is 13.6. The number of para-hydroxylation sites is 1. The maximum Gasteiger partial charge on any atom is 0.274 e. The topological polar surface area (TPSA) is 92.5 Å². The van der Waals surface area contributed by atoms with E-state index in [-0.39, 0.29) is 17.3 Å². The molecule has 3 aromatic carbocycles. The molecule has 7 heteroatoms. The molecule has 1 N–H and O–H groups in total. The van der Waals surface area contributed by atoms with Crippen molar-refractivity contribution in [1.82, 2.24) is 5.32 Å². The molecule has 1 aliphatic rings. The second-order valence-electron chi connectivity index (χ2n) is 7.06. The Kier molecular flexibility index (Phi) is 5.57. The predicted molar refractivity (Wildman–Crippen MR) is 117 cm³/mol. The molecule has 0 saturated heterocycles. The van der Waals surface area contributed by atoms with E-state index in [1.165, 1.54) is 30.3 Å². The van der Waals surface area contributed by atoms with Crippen molar-refractivity contribution in [3.8, 4) is 0 Å². The van der Waals surface area contributed by atoms with E-state index in [4.69, 9.17) is 0 Å². The van der Waals surface area contributed by atoms with E-state index < -0.39 is 10.8 Å². The van der Waals surface area contributed by atoms with Gasteiger partial charge in [-0.15, -0.1) is 0 Å². The first-order chi connectivity index (χ1) is 15.0. The highest BCUT2D eigenvalue weighted by molar-refractivity contribution is 6.12. The maximum absolute atomic E-state index is 13.4. The van der Waals surface area contributed by atoms with E-state index in [9.17, 15) is 19.7 Å². The van der Waals surface area contributed by atoms with Crippen molar-refractivity contribution in [3.05, 3.63) is 111 Å². The predicted octanol–water partition coefficient (Wildman–Crippen LogP) is 3.96. The second kappa shape index (κ2) is 8.62. The van der Waals surface area contributed by atoms with Gasteiger partial charge in [0.2, 0.25) is 0 Å². The lowest BCUT2D eigenvalue weighted by molar-refractivity contribution is -0.384. The number of amides is 2. The number of fused-ring (bicyclic) bond motifs is 1. The zero-order valence-electron chi connectivity index (χ0n) is 16.5. The average Bonchev–Trinajstić information content (AvgIpc) is 3.23. The van der Waals surface area contributed by atoms with Crippen molar-refractivity contribution in [2.24, 2.45) is 0 Å². The van der Waals surface area contributed by atoms with Crippen LogP contribution in [0.5, 0.6) is 0 Å². The Hall–Kier alpha value is -4.26. The molecule has 0 radical (unpaired) electrons.